The Kier molecular flexibility index (Phi) is 6.13. The third-order valence-electron chi connectivity index (χ3n) is 4.61. The van der Waals surface area contributed by atoms with Crippen molar-refractivity contribution < 1.29 is 23.8 Å². The van der Waals surface area contributed by atoms with Gasteiger partial charge >= 0.3 is 0 Å². The van der Waals surface area contributed by atoms with E-state index in [2.05, 4.69) is 4.99 Å². The third kappa shape index (κ3) is 4.45. The number of halogens is 1. The van der Waals surface area contributed by atoms with Gasteiger partial charge in [0.2, 0.25) is 0 Å². The number of carbonyl (C=O) groups is 1. The summed E-state index contributed by atoms with van der Waals surface area (Å²) in [5, 5.41) is 10.1. The number of amides is 1. The van der Waals surface area contributed by atoms with E-state index in [1.165, 1.54) is 12.2 Å². The number of hydrogen-bond acceptors (Lipinski definition) is 6. The van der Waals surface area contributed by atoms with Crippen LogP contribution in [0.25, 0.3) is 6.08 Å². The number of rotatable bonds is 7. The van der Waals surface area contributed by atoms with Gasteiger partial charge in [0.25, 0.3) is 5.91 Å². The number of para-hydroxylation sites is 1. The molecule has 2 heterocycles. The fourth-order valence-corrected chi connectivity index (χ4v) is 3.32. The first kappa shape index (κ1) is 21.5. The molecule has 9 heteroatoms. The average Bonchev–Trinajstić information content (AvgIpc) is 3.16. The van der Waals surface area contributed by atoms with Crippen LogP contribution in [0.1, 0.15) is 12.5 Å². The molecule has 0 radical (unpaired) electrons. The van der Waals surface area contributed by atoms with Gasteiger partial charge in [0.1, 0.15) is 24.7 Å². The maximum absolute atomic E-state index is 12.4. The molecule has 0 bridgehead atoms. The quantitative estimate of drug-likeness (QED) is 0.497. The van der Waals surface area contributed by atoms with Crippen LogP contribution in [0.5, 0.6) is 17.2 Å². The topological polar surface area (TPSA) is 93.4 Å². The standard InChI is InChI=1S/C23H20ClN3O5/c1-14-11-21-26-23(28)16(22(25)27(21)32-14)12-15-7-8-19(20(13-15)29-2)31-10-9-30-18-6-4-3-5-17(18)24/h3-8,11-13,25H,9-10H2,1-2H3/b16-12+,25-22?. The van der Waals surface area contributed by atoms with Crippen molar-refractivity contribution in [3.63, 3.8) is 0 Å². The number of amidine groups is 2. The number of hydrogen-bond donors (Lipinski definition) is 1. The van der Waals surface area contributed by atoms with Gasteiger partial charge in [-0.05, 0) is 42.8 Å². The summed E-state index contributed by atoms with van der Waals surface area (Å²) >= 11 is 6.07. The molecule has 0 saturated heterocycles. The van der Waals surface area contributed by atoms with E-state index in [4.69, 9.17) is 36.1 Å². The van der Waals surface area contributed by atoms with Gasteiger partial charge in [0, 0.05) is 6.08 Å². The Morgan fingerprint density at radius 1 is 1.12 bits per heavy atom. The highest BCUT2D eigenvalue weighted by Gasteiger charge is 2.34. The third-order valence-corrected chi connectivity index (χ3v) is 4.93. The minimum Gasteiger partial charge on any atom is -0.493 e. The van der Waals surface area contributed by atoms with Crippen molar-refractivity contribution in [3.8, 4) is 17.2 Å². The molecule has 4 rings (SSSR count). The molecule has 0 atom stereocenters. The van der Waals surface area contributed by atoms with Crippen LogP contribution in [0.15, 0.2) is 64.9 Å². The first-order valence-electron chi connectivity index (χ1n) is 9.74. The minimum absolute atomic E-state index is 0.0795. The van der Waals surface area contributed by atoms with Gasteiger partial charge in [-0.25, -0.2) is 0 Å². The molecular weight excluding hydrogens is 434 g/mol. The number of benzene rings is 2. The Morgan fingerprint density at radius 3 is 2.62 bits per heavy atom. The minimum atomic E-state index is -0.508. The van der Waals surface area contributed by atoms with E-state index in [1.54, 1.807) is 49.4 Å². The van der Waals surface area contributed by atoms with Crippen LogP contribution in [0, 0.1) is 5.41 Å². The number of nitrogens with one attached hydrogen (secondary N) is 1. The van der Waals surface area contributed by atoms with Gasteiger partial charge in [-0.3, -0.25) is 10.2 Å². The normalized spacial score (nSPS) is 16.3. The lowest BCUT2D eigenvalue weighted by molar-refractivity contribution is -0.114. The highest BCUT2D eigenvalue weighted by molar-refractivity contribution is 6.32. The lowest BCUT2D eigenvalue weighted by Gasteiger charge is -2.23. The molecule has 2 aromatic rings. The summed E-state index contributed by atoms with van der Waals surface area (Å²) in [6.45, 7) is 2.31. The number of nitrogens with zero attached hydrogens (tertiary/aromatic N) is 2. The number of carbonyl (C=O) groups excluding carboxylic acids is 1. The lowest BCUT2D eigenvalue weighted by atomic mass is 10.1. The van der Waals surface area contributed by atoms with Crippen molar-refractivity contribution >= 4 is 35.3 Å². The number of allylic oxidation sites excluding steroid dienone is 1. The van der Waals surface area contributed by atoms with Crippen LogP contribution < -0.4 is 14.2 Å². The summed E-state index contributed by atoms with van der Waals surface area (Å²) < 4.78 is 16.8. The zero-order valence-corrected chi connectivity index (χ0v) is 18.2. The maximum Gasteiger partial charge on any atom is 0.282 e. The summed E-state index contributed by atoms with van der Waals surface area (Å²) in [7, 11) is 1.52. The molecular formula is C23H20ClN3O5. The van der Waals surface area contributed by atoms with Gasteiger partial charge < -0.3 is 19.0 Å². The fourth-order valence-electron chi connectivity index (χ4n) is 3.13. The molecule has 0 spiro atoms. The Balaban J connectivity index is 1.44. The molecule has 2 aliphatic heterocycles. The van der Waals surface area contributed by atoms with E-state index in [0.29, 0.717) is 46.0 Å². The van der Waals surface area contributed by atoms with Gasteiger partial charge in [-0.15, -0.1) is 5.06 Å². The number of fused-ring (bicyclic) bond motifs is 1. The van der Waals surface area contributed by atoms with Crippen molar-refractivity contribution in [1.29, 1.82) is 5.41 Å². The molecule has 32 heavy (non-hydrogen) atoms. The smallest absolute Gasteiger partial charge is 0.282 e. The largest absolute Gasteiger partial charge is 0.493 e. The van der Waals surface area contributed by atoms with Gasteiger partial charge in [-0.2, -0.15) is 4.99 Å². The average molecular weight is 454 g/mol. The molecule has 2 aromatic carbocycles. The van der Waals surface area contributed by atoms with Crippen molar-refractivity contribution in [2.24, 2.45) is 4.99 Å². The first-order chi connectivity index (χ1) is 15.5. The monoisotopic (exact) mass is 453 g/mol. The molecule has 0 aromatic heterocycles. The Hall–Kier alpha value is -3.78. The van der Waals surface area contributed by atoms with Gasteiger partial charge in [0.05, 0.1) is 17.7 Å². The SMILES string of the molecule is COc1cc(/C=C2\C(=N)N3OC(C)=CC3=NC2=O)ccc1OCCOc1ccccc1Cl. The van der Waals surface area contributed by atoms with Crippen molar-refractivity contribution in [2.45, 2.75) is 6.92 Å². The summed E-state index contributed by atoms with van der Waals surface area (Å²) in [4.78, 5) is 21.8. The molecule has 0 aliphatic carbocycles. The van der Waals surface area contributed by atoms with Crippen molar-refractivity contribution in [3.05, 3.63) is 70.5 Å². The summed E-state index contributed by atoms with van der Waals surface area (Å²) in [6, 6.07) is 12.4. The summed E-state index contributed by atoms with van der Waals surface area (Å²) in [5.74, 6) is 1.86. The molecule has 0 saturated carbocycles. The summed E-state index contributed by atoms with van der Waals surface area (Å²) in [6.07, 6.45) is 3.17. The van der Waals surface area contributed by atoms with Crippen LogP contribution in [0.2, 0.25) is 5.02 Å². The highest BCUT2D eigenvalue weighted by atomic mass is 35.5. The van der Waals surface area contributed by atoms with E-state index < -0.39 is 5.91 Å². The Labute approximate surface area is 189 Å². The fraction of sp³-hybridized carbons (Fsp3) is 0.174. The predicted octanol–water partition coefficient (Wildman–Crippen LogP) is 4.26. The molecule has 0 unspecified atom stereocenters. The number of ether oxygens (including phenoxy) is 3. The lowest BCUT2D eigenvalue weighted by Crippen LogP contribution is -2.38. The van der Waals surface area contributed by atoms with E-state index in [-0.39, 0.29) is 18.0 Å². The Morgan fingerprint density at radius 2 is 1.88 bits per heavy atom. The van der Waals surface area contributed by atoms with E-state index in [1.807, 2.05) is 12.1 Å². The van der Waals surface area contributed by atoms with Gasteiger partial charge in [-0.1, -0.05) is 29.8 Å². The summed E-state index contributed by atoms with van der Waals surface area (Å²) in [5.41, 5.74) is 0.762. The molecule has 1 amide bonds. The number of methoxy groups -OCH3 is 1. The van der Waals surface area contributed by atoms with Crippen LogP contribution in [0.3, 0.4) is 0 Å². The predicted molar refractivity (Wildman–Crippen MR) is 120 cm³/mol. The van der Waals surface area contributed by atoms with Crippen molar-refractivity contribution in [1.82, 2.24) is 5.06 Å². The van der Waals surface area contributed by atoms with Crippen LogP contribution in [0.4, 0.5) is 0 Å². The van der Waals surface area contributed by atoms with Gasteiger partial charge in [0.15, 0.2) is 23.2 Å². The van der Waals surface area contributed by atoms with E-state index in [9.17, 15) is 4.79 Å². The number of aliphatic imine (C=N–C) groups is 1. The van der Waals surface area contributed by atoms with Crippen LogP contribution in [-0.2, 0) is 9.63 Å². The zero-order chi connectivity index (χ0) is 22.7. The first-order valence-corrected chi connectivity index (χ1v) is 10.1. The van der Waals surface area contributed by atoms with E-state index in [0.717, 1.165) is 0 Å². The number of hydroxylamine groups is 2. The second kappa shape index (κ2) is 9.15. The Bertz CT molecular complexity index is 1170. The molecule has 2 aliphatic rings. The van der Waals surface area contributed by atoms with E-state index >= 15 is 0 Å². The second-order valence-corrected chi connectivity index (χ2v) is 7.27. The van der Waals surface area contributed by atoms with Crippen LogP contribution >= 0.6 is 11.6 Å². The zero-order valence-electron chi connectivity index (χ0n) is 17.4. The van der Waals surface area contributed by atoms with Crippen molar-refractivity contribution in [2.75, 3.05) is 20.3 Å². The highest BCUT2D eigenvalue weighted by Crippen LogP contribution is 2.30. The molecule has 1 N–H and O–H groups in total. The second-order valence-electron chi connectivity index (χ2n) is 6.86. The molecule has 164 valence electrons. The maximum atomic E-state index is 12.4. The molecule has 8 nitrogen and oxygen atoms in total. The van der Waals surface area contributed by atoms with Crippen LogP contribution in [-0.4, -0.2) is 43.0 Å². The molecule has 0 fully saturated rings.